The Labute approximate surface area is 73.7 Å². The molecule has 0 bridgehead atoms. The lowest BCUT2D eigenvalue weighted by molar-refractivity contribution is 0.137. The third kappa shape index (κ3) is 23.0. The maximum absolute atomic E-state index is 8.56. The van der Waals surface area contributed by atoms with E-state index in [1.54, 1.807) is 0 Å². The molecule has 0 heterocycles. The van der Waals surface area contributed by atoms with Gasteiger partial charge >= 0.3 is 6.16 Å². The average Bonchev–Trinajstić information content (AvgIpc) is 1.99. The summed E-state index contributed by atoms with van der Waals surface area (Å²) in [7, 11) is 0. The van der Waals surface area contributed by atoms with E-state index in [1.165, 1.54) is 19.3 Å². The zero-order chi connectivity index (χ0) is 9.98. The molecule has 0 fully saturated rings. The Kier molecular flexibility index (Phi) is 11.3. The summed E-state index contributed by atoms with van der Waals surface area (Å²) in [6, 6.07) is 0. The van der Waals surface area contributed by atoms with E-state index in [0.29, 0.717) is 0 Å². The van der Waals surface area contributed by atoms with Crippen LogP contribution >= 0.6 is 0 Å². The molecule has 1 atom stereocenters. The van der Waals surface area contributed by atoms with Crippen LogP contribution in [-0.4, -0.2) is 16.4 Å². The predicted octanol–water partition coefficient (Wildman–Crippen LogP) is 3.22. The van der Waals surface area contributed by atoms with Crippen LogP contribution in [0.5, 0.6) is 0 Å². The van der Waals surface area contributed by atoms with E-state index in [9.17, 15) is 0 Å². The Morgan fingerprint density at radius 1 is 1.58 bits per heavy atom. The topological polar surface area (TPSA) is 57.5 Å². The van der Waals surface area contributed by atoms with Crippen molar-refractivity contribution in [3.05, 3.63) is 12.7 Å². The normalized spacial score (nSPS) is 10.8. The smallest absolute Gasteiger partial charge is 0.450 e. The SMILES string of the molecule is C=CC(C)CCCC.O=C(O)O. The van der Waals surface area contributed by atoms with Gasteiger partial charge in [0.1, 0.15) is 0 Å². The molecule has 0 aliphatic rings. The Morgan fingerprint density at radius 3 is 2.25 bits per heavy atom. The third-order valence-electron chi connectivity index (χ3n) is 1.42. The van der Waals surface area contributed by atoms with Crippen molar-refractivity contribution in [1.29, 1.82) is 0 Å². The summed E-state index contributed by atoms with van der Waals surface area (Å²) >= 11 is 0. The summed E-state index contributed by atoms with van der Waals surface area (Å²) in [6.45, 7) is 8.14. The summed E-state index contributed by atoms with van der Waals surface area (Å²) < 4.78 is 0. The lowest BCUT2D eigenvalue weighted by Gasteiger charge is -2.00. The molecule has 3 heteroatoms. The lowest BCUT2D eigenvalue weighted by Crippen LogP contribution is -1.86. The molecule has 12 heavy (non-hydrogen) atoms. The first-order valence-corrected chi connectivity index (χ1v) is 4.09. The van der Waals surface area contributed by atoms with Crippen LogP contribution in [0.25, 0.3) is 0 Å². The van der Waals surface area contributed by atoms with Crippen molar-refractivity contribution in [3.8, 4) is 0 Å². The number of unbranched alkanes of at least 4 members (excludes halogenated alkanes) is 1. The van der Waals surface area contributed by atoms with E-state index >= 15 is 0 Å². The van der Waals surface area contributed by atoms with Crippen LogP contribution in [-0.2, 0) is 0 Å². The van der Waals surface area contributed by atoms with E-state index in [2.05, 4.69) is 20.4 Å². The van der Waals surface area contributed by atoms with Crippen molar-refractivity contribution >= 4 is 6.16 Å². The molecule has 0 spiro atoms. The van der Waals surface area contributed by atoms with Gasteiger partial charge in [0.05, 0.1) is 0 Å². The number of carbonyl (C=O) groups is 1. The maximum Gasteiger partial charge on any atom is 0.503 e. The van der Waals surface area contributed by atoms with Crippen molar-refractivity contribution in [3.63, 3.8) is 0 Å². The number of hydrogen-bond donors (Lipinski definition) is 2. The fraction of sp³-hybridized carbons (Fsp3) is 0.667. The van der Waals surface area contributed by atoms with E-state index < -0.39 is 6.16 Å². The predicted molar refractivity (Wildman–Crippen MR) is 49.5 cm³/mol. The van der Waals surface area contributed by atoms with Gasteiger partial charge in [-0.2, -0.15) is 0 Å². The number of carboxylic acid groups (broad SMARTS) is 2. The summed E-state index contributed by atoms with van der Waals surface area (Å²) in [5.41, 5.74) is 0. The van der Waals surface area contributed by atoms with E-state index in [-0.39, 0.29) is 0 Å². The molecule has 0 aliphatic carbocycles. The molecule has 0 amide bonds. The van der Waals surface area contributed by atoms with Crippen molar-refractivity contribution in [2.24, 2.45) is 5.92 Å². The van der Waals surface area contributed by atoms with Gasteiger partial charge in [0.25, 0.3) is 0 Å². The zero-order valence-electron chi connectivity index (χ0n) is 7.79. The van der Waals surface area contributed by atoms with E-state index in [4.69, 9.17) is 15.0 Å². The number of rotatable bonds is 4. The molecule has 0 aromatic rings. The second-order valence-corrected chi connectivity index (χ2v) is 2.64. The Morgan fingerprint density at radius 2 is 2.00 bits per heavy atom. The highest BCUT2D eigenvalue weighted by molar-refractivity contribution is 5.53. The van der Waals surface area contributed by atoms with Gasteiger partial charge in [-0.3, -0.25) is 0 Å². The van der Waals surface area contributed by atoms with Crippen LogP contribution in [0.3, 0.4) is 0 Å². The van der Waals surface area contributed by atoms with Gasteiger partial charge in [-0.1, -0.05) is 32.8 Å². The van der Waals surface area contributed by atoms with Crippen LogP contribution in [0.1, 0.15) is 33.1 Å². The molecule has 0 saturated heterocycles. The highest BCUT2D eigenvalue weighted by Crippen LogP contribution is 2.06. The first-order valence-electron chi connectivity index (χ1n) is 4.09. The standard InChI is InChI=1S/C8H16.CH2O3/c1-4-6-7-8(3)5-2;2-1(3)4/h5,8H,2,4,6-7H2,1,3H3;(H2,2,3,4). The van der Waals surface area contributed by atoms with Gasteiger partial charge in [-0.25, -0.2) is 4.79 Å². The Bertz CT molecular complexity index is 117. The molecule has 72 valence electrons. The number of allylic oxidation sites excluding steroid dienone is 1. The highest BCUT2D eigenvalue weighted by Gasteiger charge is 1.91. The van der Waals surface area contributed by atoms with E-state index in [1.807, 2.05) is 6.08 Å². The highest BCUT2D eigenvalue weighted by atomic mass is 16.6. The van der Waals surface area contributed by atoms with Gasteiger partial charge in [-0.05, 0) is 12.3 Å². The van der Waals surface area contributed by atoms with Gasteiger partial charge in [0, 0.05) is 0 Å². The van der Waals surface area contributed by atoms with Crippen LogP contribution < -0.4 is 0 Å². The van der Waals surface area contributed by atoms with Crippen LogP contribution in [0.4, 0.5) is 4.79 Å². The first-order chi connectivity index (χ1) is 5.54. The first kappa shape index (κ1) is 13.6. The fourth-order valence-corrected chi connectivity index (χ4v) is 0.644. The fourth-order valence-electron chi connectivity index (χ4n) is 0.644. The van der Waals surface area contributed by atoms with Crippen LogP contribution in [0.2, 0.25) is 0 Å². The summed E-state index contributed by atoms with van der Waals surface area (Å²) in [6.07, 6.45) is 4.14. The van der Waals surface area contributed by atoms with Crippen molar-refractivity contribution in [2.45, 2.75) is 33.1 Å². The molecular weight excluding hydrogens is 156 g/mol. The van der Waals surface area contributed by atoms with Crippen LogP contribution in [0.15, 0.2) is 12.7 Å². The average molecular weight is 174 g/mol. The Hall–Kier alpha value is -0.990. The Balaban J connectivity index is 0. The molecule has 1 unspecified atom stereocenters. The van der Waals surface area contributed by atoms with Crippen molar-refractivity contribution < 1.29 is 15.0 Å². The molecule has 0 rings (SSSR count). The largest absolute Gasteiger partial charge is 0.503 e. The quantitative estimate of drug-likeness (QED) is 0.643. The third-order valence-corrected chi connectivity index (χ3v) is 1.42. The minimum atomic E-state index is -1.83. The van der Waals surface area contributed by atoms with Crippen molar-refractivity contribution in [1.82, 2.24) is 0 Å². The van der Waals surface area contributed by atoms with Gasteiger partial charge in [0.2, 0.25) is 0 Å². The monoisotopic (exact) mass is 174 g/mol. The molecule has 0 aliphatic heterocycles. The molecule has 0 saturated carbocycles. The van der Waals surface area contributed by atoms with Crippen LogP contribution in [0, 0.1) is 5.92 Å². The minimum absolute atomic E-state index is 0.718. The van der Waals surface area contributed by atoms with Crippen molar-refractivity contribution in [2.75, 3.05) is 0 Å². The van der Waals surface area contributed by atoms with Gasteiger partial charge in [0.15, 0.2) is 0 Å². The second-order valence-electron chi connectivity index (χ2n) is 2.64. The summed E-state index contributed by atoms with van der Waals surface area (Å²) in [5, 5.41) is 13.9. The minimum Gasteiger partial charge on any atom is -0.450 e. The second kappa shape index (κ2) is 10.0. The van der Waals surface area contributed by atoms with Gasteiger partial charge < -0.3 is 10.2 Å². The van der Waals surface area contributed by atoms with Gasteiger partial charge in [-0.15, -0.1) is 6.58 Å². The summed E-state index contributed by atoms with van der Waals surface area (Å²) in [4.78, 5) is 8.56. The maximum atomic E-state index is 8.56. The molecule has 0 aromatic carbocycles. The molecule has 2 N–H and O–H groups in total. The lowest BCUT2D eigenvalue weighted by atomic mass is 10.1. The number of hydrogen-bond acceptors (Lipinski definition) is 1. The van der Waals surface area contributed by atoms with E-state index in [0.717, 1.165) is 5.92 Å². The molecular formula is C9H18O3. The molecule has 0 radical (unpaired) electrons. The zero-order valence-corrected chi connectivity index (χ0v) is 7.79. The summed E-state index contributed by atoms with van der Waals surface area (Å²) in [5.74, 6) is 0.718. The molecule has 3 nitrogen and oxygen atoms in total. The molecule has 0 aromatic heterocycles.